The molecule has 1 aromatic heterocycles. The number of hydrogen-bond acceptors (Lipinski definition) is 6. The minimum atomic E-state index is -0.593. The Kier molecular flexibility index (Phi) is 7.20. The summed E-state index contributed by atoms with van der Waals surface area (Å²) in [6, 6.07) is 1.68. The molecule has 0 spiro atoms. The molecule has 0 aromatic carbocycles. The molecule has 1 aromatic rings. The lowest BCUT2D eigenvalue weighted by atomic mass is 9.79. The number of carbonyl (C=O) groups is 2. The maximum Gasteiger partial charge on any atom is 0.343 e. The fourth-order valence-corrected chi connectivity index (χ4v) is 4.22. The van der Waals surface area contributed by atoms with Crippen LogP contribution in [0.4, 0.5) is 0 Å². The first-order valence-corrected chi connectivity index (χ1v) is 10.7. The summed E-state index contributed by atoms with van der Waals surface area (Å²) in [7, 11) is 1.58. The van der Waals surface area contributed by atoms with Gasteiger partial charge in [0.25, 0.3) is 0 Å². The van der Waals surface area contributed by atoms with Gasteiger partial charge in [-0.1, -0.05) is 6.92 Å². The quantitative estimate of drug-likeness (QED) is 0.503. The van der Waals surface area contributed by atoms with Gasteiger partial charge in [0.1, 0.15) is 17.9 Å². The van der Waals surface area contributed by atoms with Crippen LogP contribution in [-0.2, 0) is 19.0 Å². The zero-order valence-electron chi connectivity index (χ0n) is 18.5. The molecule has 168 valence electrons. The molecule has 3 rings (SSSR count). The highest BCUT2D eigenvalue weighted by Crippen LogP contribution is 2.45. The predicted octanol–water partition coefficient (Wildman–Crippen LogP) is 2.79. The van der Waals surface area contributed by atoms with Crippen molar-refractivity contribution in [1.82, 2.24) is 9.88 Å². The number of amides is 1. The molecule has 1 aliphatic carbocycles. The van der Waals surface area contributed by atoms with Gasteiger partial charge in [-0.05, 0) is 37.3 Å². The zero-order valence-corrected chi connectivity index (χ0v) is 18.5. The van der Waals surface area contributed by atoms with Crippen LogP contribution in [0.15, 0.2) is 34.7 Å². The maximum atomic E-state index is 12.7. The molecule has 2 unspecified atom stereocenters. The molecule has 0 saturated heterocycles. The molecule has 1 amide bonds. The first-order chi connectivity index (χ1) is 14.9. The van der Waals surface area contributed by atoms with Crippen molar-refractivity contribution in [2.45, 2.75) is 46.1 Å². The summed E-state index contributed by atoms with van der Waals surface area (Å²) in [4.78, 5) is 35.9. The minimum absolute atomic E-state index is 0.0587. The van der Waals surface area contributed by atoms with Crippen molar-refractivity contribution < 1.29 is 23.8 Å². The molecular weight excluding hydrogens is 400 g/mol. The van der Waals surface area contributed by atoms with Crippen molar-refractivity contribution in [3.63, 3.8) is 0 Å². The molecule has 2 atom stereocenters. The van der Waals surface area contributed by atoms with Crippen LogP contribution in [0.5, 0.6) is 0 Å². The van der Waals surface area contributed by atoms with Crippen LogP contribution in [0.25, 0.3) is 5.57 Å². The lowest BCUT2D eigenvalue weighted by Gasteiger charge is -2.38. The van der Waals surface area contributed by atoms with Crippen LogP contribution < -0.4 is 10.7 Å². The summed E-state index contributed by atoms with van der Waals surface area (Å²) < 4.78 is 18.5. The van der Waals surface area contributed by atoms with E-state index in [0.717, 1.165) is 29.9 Å². The number of allylic oxidation sites excluding steroid dienone is 3. The van der Waals surface area contributed by atoms with Crippen LogP contribution in [0, 0.1) is 5.92 Å². The van der Waals surface area contributed by atoms with E-state index >= 15 is 0 Å². The van der Waals surface area contributed by atoms with Crippen LogP contribution in [0.2, 0.25) is 0 Å². The van der Waals surface area contributed by atoms with E-state index in [2.05, 4.69) is 12.2 Å². The normalized spacial score (nSPS) is 19.7. The third-order valence-electron chi connectivity index (χ3n) is 5.70. The summed E-state index contributed by atoms with van der Waals surface area (Å²) in [5.74, 6) is 0.836. The van der Waals surface area contributed by atoms with E-state index in [9.17, 15) is 14.4 Å². The number of carbonyl (C=O) groups excluding carboxylic acids is 2. The Morgan fingerprint density at radius 2 is 2.06 bits per heavy atom. The van der Waals surface area contributed by atoms with E-state index in [1.165, 1.54) is 13.0 Å². The Labute approximate surface area is 181 Å². The van der Waals surface area contributed by atoms with Crippen molar-refractivity contribution in [2.24, 2.45) is 5.92 Å². The Morgan fingerprint density at radius 1 is 1.29 bits per heavy atom. The van der Waals surface area contributed by atoms with Crippen molar-refractivity contribution >= 4 is 17.4 Å². The van der Waals surface area contributed by atoms with Gasteiger partial charge in [-0.2, -0.15) is 0 Å². The van der Waals surface area contributed by atoms with Crippen LogP contribution in [0.3, 0.4) is 0 Å². The fraction of sp³-hybridized carbons (Fsp3) is 0.522. The molecule has 31 heavy (non-hydrogen) atoms. The average Bonchev–Trinajstić information content (AvgIpc) is 2.75. The highest BCUT2D eigenvalue weighted by molar-refractivity contribution is 5.89. The molecular formula is C23H30N2O6. The summed E-state index contributed by atoms with van der Waals surface area (Å²) >= 11 is 0. The molecule has 2 aliphatic rings. The van der Waals surface area contributed by atoms with E-state index < -0.39 is 5.97 Å². The van der Waals surface area contributed by atoms with Gasteiger partial charge in [-0.25, -0.2) is 4.79 Å². The standard InChI is InChI=1S/C23H30N2O6/c1-5-16-9-15-10-22(31-8-7-24-14(3)26)21(29-4)11-17(15)19-12-20(27)18(13-25(16)19)23(28)30-6-2/h11-13,15-16H,5-10H2,1-4H3,(H,24,26). The number of rotatable bonds is 8. The first-order valence-electron chi connectivity index (χ1n) is 10.7. The predicted molar refractivity (Wildman–Crippen MR) is 115 cm³/mol. The van der Waals surface area contributed by atoms with E-state index in [4.69, 9.17) is 14.2 Å². The average molecular weight is 431 g/mol. The van der Waals surface area contributed by atoms with E-state index in [-0.39, 0.29) is 35.5 Å². The minimum Gasteiger partial charge on any atom is -0.493 e. The third-order valence-corrected chi connectivity index (χ3v) is 5.70. The van der Waals surface area contributed by atoms with Crippen molar-refractivity contribution in [1.29, 1.82) is 0 Å². The van der Waals surface area contributed by atoms with Crippen LogP contribution in [-0.4, -0.2) is 43.3 Å². The topological polar surface area (TPSA) is 95.9 Å². The smallest absolute Gasteiger partial charge is 0.343 e. The van der Waals surface area contributed by atoms with E-state index in [0.29, 0.717) is 25.3 Å². The summed E-state index contributed by atoms with van der Waals surface area (Å²) in [6.07, 6.45) is 5.93. The SMILES string of the molecule is CCOC(=O)c1cn2c(cc1=O)C1=CC(OC)=C(OCCNC(C)=O)CC1CC2CC. The molecule has 8 heteroatoms. The van der Waals surface area contributed by atoms with Crippen molar-refractivity contribution in [2.75, 3.05) is 26.9 Å². The largest absolute Gasteiger partial charge is 0.493 e. The van der Waals surface area contributed by atoms with Crippen molar-refractivity contribution in [3.8, 4) is 0 Å². The molecule has 2 heterocycles. The second-order valence-corrected chi connectivity index (χ2v) is 7.69. The first kappa shape index (κ1) is 22.7. The number of esters is 1. The maximum absolute atomic E-state index is 12.7. The van der Waals surface area contributed by atoms with Crippen molar-refractivity contribution in [3.05, 3.63) is 51.3 Å². The van der Waals surface area contributed by atoms with Gasteiger partial charge >= 0.3 is 5.97 Å². The lowest BCUT2D eigenvalue weighted by molar-refractivity contribution is -0.119. The van der Waals surface area contributed by atoms with Crippen LogP contribution in [0.1, 0.15) is 62.1 Å². The van der Waals surface area contributed by atoms with Gasteiger partial charge in [0.2, 0.25) is 5.91 Å². The van der Waals surface area contributed by atoms with Gasteiger partial charge in [-0.3, -0.25) is 9.59 Å². The molecule has 1 N–H and O–H groups in total. The molecule has 0 saturated carbocycles. The third kappa shape index (κ3) is 4.84. The van der Waals surface area contributed by atoms with Gasteiger partial charge < -0.3 is 24.1 Å². The molecule has 0 fully saturated rings. The van der Waals surface area contributed by atoms with Gasteiger partial charge in [0, 0.05) is 37.3 Å². The number of fused-ring (bicyclic) bond motifs is 3. The number of methoxy groups -OCH3 is 1. The summed E-state index contributed by atoms with van der Waals surface area (Å²) in [5, 5.41) is 2.71. The Hall–Kier alpha value is -3.03. The second kappa shape index (κ2) is 9.85. The number of nitrogens with zero attached hydrogens (tertiary/aromatic N) is 1. The Morgan fingerprint density at radius 3 is 2.71 bits per heavy atom. The monoisotopic (exact) mass is 430 g/mol. The van der Waals surface area contributed by atoms with E-state index in [1.807, 2.05) is 10.6 Å². The second-order valence-electron chi connectivity index (χ2n) is 7.69. The van der Waals surface area contributed by atoms with E-state index in [1.54, 1.807) is 20.2 Å². The van der Waals surface area contributed by atoms with Gasteiger partial charge in [0.05, 0.1) is 20.3 Å². The highest BCUT2D eigenvalue weighted by Gasteiger charge is 2.35. The number of aromatic nitrogens is 1. The summed E-state index contributed by atoms with van der Waals surface area (Å²) in [6.45, 7) is 6.27. The van der Waals surface area contributed by atoms with Gasteiger partial charge in [-0.15, -0.1) is 0 Å². The van der Waals surface area contributed by atoms with Crippen LogP contribution >= 0.6 is 0 Å². The number of nitrogens with one attached hydrogen (secondary N) is 1. The molecule has 8 nitrogen and oxygen atoms in total. The molecule has 0 radical (unpaired) electrons. The highest BCUT2D eigenvalue weighted by atomic mass is 16.5. The molecule has 1 aliphatic heterocycles. The Balaban J connectivity index is 1.96. The summed E-state index contributed by atoms with van der Waals surface area (Å²) in [5.41, 5.74) is 1.51. The number of ether oxygens (including phenoxy) is 3. The number of pyridine rings is 1. The molecule has 0 bridgehead atoms. The fourth-order valence-electron chi connectivity index (χ4n) is 4.22. The number of hydrogen-bond donors (Lipinski definition) is 1. The lowest BCUT2D eigenvalue weighted by Crippen LogP contribution is -2.31. The van der Waals surface area contributed by atoms with Gasteiger partial charge in [0.15, 0.2) is 11.2 Å². The zero-order chi connectivity index (χ0) is 22.5. The Bertz CT molecular complexity index is 975.